The Kier molecular flexibility index (Phi) is 6.94. The van der Waals surface area contributed by atoms with Crippen LogP contribution in [0, 0.1) is 5.41 Å². The molecule has 0 bridgehead atoms. The first kappa shape index (κ1) is 17.7. The number of esters is 1. The highest BCUT2D eigenvalue weighted by Gasteiger charge is 2.27. The number of rotatable bonds is 7. The van der Waals surface area contributed by atoms with Crippen molar-refractivity contribution in [2.75, 3.05) is 6.61 Å². The Balaban J connectivity index is 2.50. The number of carbonyl (C=O) groups excluding carboxylic acids is 1. The van der Waals surface area contributed by atoms with Crippen LogP contribution in [0.2, 0.25) is 0 Å². The number of carbonyl (C=O) groups is 1. The SMILES string of the molecule is C=CCOC(=O)CC=C(C)CCC1=C(C)CCCC1(C)C. The summed E-state index contributed by atoms with van der Waals surface area (Å²) in [5, 5.41) is 0. The fourth-order valence-electron chi connectivity index (χ4n) is 3.12. The third kappa shape index (κ3) is 5.91. The fraction of sp³-hybridized carbons (Fsp3) is 0.632. The van der Waals surface area contributed by atoms with Gasteiger partial charge in [0.15, 0.2) is 0 Å². The number of hydrogen-bond donors (Lipinski definition) is 0. The van der Waals surface area contributed by atoms with Crippen LogP contribution in [0.1, 0.15) is 66.2 Å². The first-order chi connectivity index (χ1) is 9.86. The molecule has 0 atom stereocenters. The first-order valence-corrected chi connectivity index (χ1v) is 7.98. The summed E-state index contributed by atoms with van der Waals surface area (Å²) in [5.41, 5.74) is 4.80. The molecule has 0 N–H and O–H groups in total. The summed E-state index contributed by atoms with van der Waals surface area (Å²) in [6.45, 7) is 12.9. The lowest BCUT2D eigenvalue weighted by Crippen LogP contribution is -2.20. The molecule has 0 unspecified atom stereocenters. The molecule has 21 heavy (non-hydrogen) atoms. The maximum absolute atomic E-state index is 11.4. The smallest absolute Gasteiger partial charge is 0.309 e. The van der Waals surface area contributed by atoms with Crippen molar-refractivity contribution in [2.45, 2.75) is 66.2 Å². The number of allylic oxidation sites excluding steroid dienone is 3. The molecular weight excluding hydrogens is 260 g/mol. The van der Waals surface area contributed by atoms with Gasteiger partial charge in [-0.25, -0.2) is 0 Å². The topological polar surface area (TPSA) is 26.3 Å². The van der Waals surface area contributed by atoms with Crippen molar-refractivity contribution < 1.29 is 9.53 Å². The molecule has 0 aromatic carbocycles. The summed E-state index contributed by atoms with van der Waals surface area (Å²) in [6.07, 6.45) is 9.94. The average molecular weight is 290 g/mol. The molecule has 0 aliphatic heterocycles. The largest absolute Gasteiger partial charge is 0.461 e. The van der Waals surface area contributed by atoms with Crippen molar-refractivity contribution in [1.29, 1.82) is 0 Å². The standard InChI is InChI=1S/C19H30O2/c1-6-14-21-18(20)12-10-15(2)9-11-17-16(3)8-7-13-19(17,4)5/h6,10H,1,7-9,11-14H2,2-5H3. The average Bonchev–Trinajstić information content (AvgIpc) is 2.41. The summed E-state index contributed by atoms with van der Waals surface area (Å²) in [7, 11) is 0. The Morgan fingerprint density at radius 3 is 2.76 bits per heavy atom. The van der Waals surface area contributed by atoms with Crippen LogP contribution in [-0.4, -0.2) is 12.6 Å². The molecule has 0 saturated carbocycles. The van der Waals surface area contributed by atoms with Crippen molar-refractivity contribution >= 4 is 5.97 Å². The van der Waals surface area contributed by atoms with Gasteiger partial charge in [-0.15, -0.1) is 0 Å². The van der Waals surface area contributed by atoms with Gasteiger partial charge in [0.1, 0.15) is 6.61 Å². The summed E-state index contributed by atoms with van der Waals surface area (Å²) in [5.74, 6) is -0.178. The monoisotopic (exact) mass is 290 g/mol. The van der Waals surface area contributed by atoms with Crippen molar-refractivity contribution in [1.82, 2.24) is 0 Å². The predicted octanol–water partition coefficient (Wildman–Crippen LogP) is 5.36. The third-order valence-corrected chi connectivity index (χ3v) is 4.43. The zero-order chi connectivity index (χ0) is 15.9. The molecule has 0 amide bonds. The predicted molar refractivity (Wildman–Crippen MR) is 89.1 cm³/mol. The van der Waals surface area contributed by atoms with Crippen LogP contribution in [-0.2, 0) is 9.53 Å². The van der Waals surface area contributed by atoms with E-state index in [1.165, 1.54) is 24.8 Å². The van der Waals surface area contributed by atoms with Gasteiger partial charge in [-0.3, -0.25) is 4.79 Å². The van der Waals surface area contributed by atoms with Crippen LogP contribution < -0.4 is 0 Å². The van der Waals surface area contributed by atoms with E-state index in [1.807, 2.05) is 6.08 Å². The molecule has 0 radical (unpaired) electrons. The Morgan fingerprint density at radius 2 is 2.14 bits per heavy atom. The second kappa shape index (κ2) is 8.21. The minimum atomic E-state index is -0.178. The molecule has 0 aromatic heterocycles. The normalized spacial score (nSPS) is 18.6. The van der Waals surface area contributed by atoms with Gasteiger partial charge in [-0.1, -0.05) is 49.3 Å². The van der Waals surface area contributed by atoms with E-state index >= 15 is 0 Å². The van der Waals surface area contributed by atoms with Gasteiger partial charge in [0.25, 0.3) is 0 Å². The molecule has 1 rings (SSSR count). The lowest BCUT2D eigenvalue weighted by atomic mass is 9.71. The van der Waals surface area contributed by atoms with Gasteiger partial charge >= 0.3 is 5.97 Å². The van der Waals surface area contributed by atoms with E-state index in [1.54, 1.807) is 17.2 Å². The van der Waals surface area contributed by atoms with E-state index in [0.717, 1.165) is 12.8 Å². The minimum Gasteiger partial charge on any atom is -0.461 e. The fourth-order valence-corrected chi connectivity index (χ4v) is 3.12. The van der Waals surface area contributed by atoms with E-state index in [4.69, 9.17) is 4.74 Å². The van der Waals surface area contributed by atoms with Crippen molar-refractivity contribution in [3.63, 3.8) is 0 Å². The highest BCUT2D eigenvalue weighted by atomic mass is 16.5. The summed E-state index contributed by atoms with van der Waals surface area (Å²) in [4.78, 5) is 11.4. The molecule has 0 saturated heterocycles. The molecule has 0 fully saturated rings. The van der Waals surface area contributed by atoms with E-state index < -0.39 is 0 Å². The lowest BCUT2D eigenvalue weighted by molar-refractivity contribution is -0.141. The summed E-state index contributed by atoms with van der Waals surface area (Å²) >= 11 is 0. The molecule has 1 aliphatic rings. The highest BCUT2D eigenvalue weighted by Crippen LogP contribution is 2.42. The van der Waals surface area contributed by atoms with Crippen LogP contribution in [0.15, 0.2) is 35.5 Å². The van der Waals surface area contributed by atoms with Crippen molar-refractivity contribution in [2.24, 2.45) is 5.41 Å². The molecule has 0 aromatic rings. The molecule has 1 aliphatic carbocycles. The van der Waals surface area contributed by atoms with Gasteiger partial charge in [0.2, 0.25) is 0 Å². The maximum atomic E-state index is 11.4. The lowest BCUT2D eigenvalue weighted by Gasteiger charge is -2.34. The molecule has 0 heterocycles. The van der Waals surface area contributed by atoms with Crippen LogP contribution in [0.4, 0.5) is 0 Å². The Hall–Kier alpha value is -1.31. The molecule has 2 nitrogen and oxygen atoms in total. The molecular formula is C19H30O2. The van der Waals surface area contributed by atoms with Gasteiger partial charge in [-0.2, -0.15) is 0 Å². The number of ether oxygens (including phenoxy) is 1. The van der Waals surface area contributed by atoms with Crippen LogP contribution >= 0.6 is 0 Å². The summed E-state index contributed by atoms with van der Waals surface area (Å²) in [6, 6.07) is 0. The molecule has 0 spiro atoms. The van der Waals surface area contributed by atoms with Gasteiger partial charge in [0.05, 0.1) is 6.42 Å². The Morgan fingerprint density at radius 1 is 1.43 bits per heavy atom. The van der Waals surface area contributed by atoms with E-state index in [0.29, 0.717) is 18.4 Å². The van der Waals surface area contributed by atoms with Crippen molar-refractivity contribution in [3.8, 4) is 0 Å². The van der Waals surface area contributed by atoms with Gasteiger partial charge in [0, 0.05) is 0 Å². The zero-order valence-electron chi connectivity index (χ0n) is 14.1. The molecule has 118 valence electrons. The Labute approximate surface area is 130 Å². The molecule has 2 heteroatoms. The Bertz CT molecular complexity index is 438. The van der Waals surface area contributed by atoms with Crippen molar-refractivity contribution in [3.05, 3.63) is 35.5 Å². The highest BCUT2D eigenvalue weighted by molar-refractivity contribution is 5.71. The first-order valence-electron chi connectivity index (χ1n) is 7.98. The van der Waals surface area contributed by atoms with Crippen LogP contribution in [0.25, 0.3) is 0 Å². The van der Waals surface area contributed by atoms with Gasteiger partial charge < -0.3 is 4.74 Å². The second-order valence-electron chi connectivity index (χ2n) is 6.72. The number of hydrogen-bond acceptors (Lipinski definition) is 2. The van der Waals surface area contributed by atoms with Crippen LogP contribution in [0.3, 0.4) is 0 Å². The third-order valence-electron chi connectivity index (χ3n) is 4.43. The maximum Gasteiger partial charge on any atom is 0.309 e. The minimum absolute atomic E-state index is 0.178. The zero-order valence-corrected chi connectivity index (χ0v) is 14.1. The van der Waals surface area contributed by atoms with Gasteiger partial charge in [-0.05, 0) is 51.4 Å². The van der Waals surface area contributed by atoms with E-state index in [2.05, 4.69) is 34.3 Å². The summed E-state index contributed by atoms with van der Waals surface area (Å²) < 4.78 is 4.98. The second-order valence-corrected chi connectivity index (χ2v) is 6.72. The van der Waals surface area contributed by atoms with E-state index in [-0.39, 0.29) is 5.97 Å². The van der Waals surface area contributed by atoms with Crippen LogP contribution in [0.5, 0.6) is 0 Å². The van der Waals surface area contributed by atoms with E-state index in [9.17, 15) is 4.79 Å². The quantitative estimate of drug-likeness (QED) is 0.466.